The van der Waals surface area contributed by atoms with Crippen LogP contribution in [0.2, 0.25) is 0 Å². The van der Waals surface area contributed by atoms with Crippen molar-refractivity contribution in [2.75, 3.05) is 13.1 Å². The molecule has 0 spiro atoms. The van der Waals surface area contributed by atoms with Crippen LogP contribution in [0.3, 0.4) is 0 Å². The van der Waals surface area contributed by atoms with Crippen molar-refractivity contribution in [2.24, 2.45) is 0 Å². The van der Waals surface area contributed by atoms with Crippen LogP contribution in [0.4, 0.5) is 0 Å². The van der Waals surface area contributed by atoms with E-state index in [1.807, 2.05) is 0 Å². The molecule has 0 bridgehead atoms. The van der Waals surface area contributed by atoms with Crippen LogP contribution in [0.15, 0.2) is 4.79 Å². The Kier molecular flexibility index (Phi) is 6.29. The third kappa shape index (κ3) is 4.17. The Labute approximate surface area is 139 Å². The van der Waals surface area contributed by atoms with Crippen molar-refractivity contribution in [1.29, 1.82) is 0 Å². The standard InChI is InChI=1S/C10H8N2O3S.C6H15N/c13-8-6-4-2-1-3-5(4)16-9(6)12-7(11-8)10(14)15;1-3-5-7-6-4-2/h1-3H2,(H,14,15)(H,11,12,13);7H,3-6H2,1-2H3. The molecule has 0 unspecified atom stereocenters. The Hall–Kier alpha value is -1.73. The van der Waals surface area contributed by atoms with Gasteiger partial charge in [-0.3, -0.25) is 4.79 Å². The highest BCUT2D eigenvalue weighted by molar-refractivity contribution is 7.18. The number of carboxylic acid groups (broad SMARTS) is 1. The van der Waals surface area contributed by atoms with Crippen molar-refractivity contribution < 1.29 is 9.90 Å². The number of aromatic nitrogens is 2. The quantitative estimate of drug-likeness (QED) is 0.729. The fourth-order valence-corrected chi connectivity index (χ4v) is 3.84. The normalized spacial score (nSPS) is 12.8. The summed E-state index contributed by atoms with van der Waals surface area (Å²) in [7, 11) is 0. The van der Waals surface area contributed by atoms with Gasteiger partial charge in [-0.1, -0.05) is 13.8 Å². The van der Waals surface area contributed by atoms with Crippen molar-refractivity contribution >= 4 is 27.5 Å². The van der Waals surface area contributed by atoms with E-state index in [2.05, 4.69) is 29.1 Å². The van der Waals surface area contributed by atoms with Crippen LogP contribution in [-0.4, -0.2) is 34.1 Å². The molecule has 0 saturated carbocycles. The van der Waals surface area contributed by atoms with Gasteiger partial charge >= 0.3 is 5.97 Å². The van der Waals surface area contributed by atoms with Gasteiger partial charge in [-0.2, -0.15) is 0 Å². The summed E-state index contributed by atoms with van der Waals surface area (Å²) in [5, 5.41) is 12.7. The molecule has 1 aliphatic rings. The molecule has 1 aliphatic carbocycles. The second kappa shape index (κ2) is 8.21. The van der Waals surface area contributed by atoms with Crippen LogP contribution >= 0.6 is 11.3 Å². The minimum Gasteiger partial charge on any atom is -0.475 e. The lowest BCUT2D eigenvalue weighted by Gasteiger charge is -1.95. The van der Waals surface area contributed by atoms with Crippen LogP contribution in [0.25, 0.3) is 10.2 Å². The molecule has 2 heterocycles. The molecule has 23 heavy (non-hydrogen) atoms. The molecule has 2 aromatic heterocycles. The number of thiophene rings is 1. The maximum Gasteiger partial charge on any atom is 0.372 e. The van der Waals surface area contributed by atoms with Crippen molar-refractivity contribution in [3.63, 3.8) is 0 Å². The highest BCUT2D eigenvalue weighted by Crippen LogP contribution is 2.34. The zero-order valence-electron chi connectivity index (χ0n) is 13.6. The van der Waals surface area contributed by atoms with E-state index in [4.69, 9.17) is 5.11 Å². The van der Waals surface area contributed by atoms with Gasteiger partial charge in [-0.05, 0) is 50.8 Å². The minimum atomic E-state index is -1.20. The van der Waals surface area contributed by atoms with Crippen molar-refractivity contribution in [2.45, 2.75) is 46.0 Å². The molecule has 126 valence electrons. The average Bonchev–Trinajstić information content (AvgIpc) is 3.08. The van der Waals surface area contributed by atoms with E-state index >= 15 is 0 Å². The lowest BCUT2D eigenvalue weighted by atomic mass is 10.2. The summed E-state index contributed by atoms with van der Waals surface area (Å²) in [5.74, 6) is -1.48. The molecular weight excluding hydrogens is 314 g/mol. The van der Waals surface area contributed by atoms with Crippen LogP contribution in [-0.2, 0) is 12.8 Å². The number of H-pyrrole nitrogens is 1. The summed E-state index contributed by atoms with van der Waals surface area (Å²) in [5.41, 5.74) is 0.729. The number of rotatable bonds is 5. The molecule has 0 atom stereocenters. The molecule has 2 aromatic rings. The number of hydrogen-bond donors (Lipinski definition) is 3. The number of aromatic amines is 1. The zero-order chi connectivity index (χ0) is 16.8. The fourth-order valence-electron chi connectivity index (χ4n) is 2.58. The van der Waals surface area contributed by atoms with E-state index in [-0.39, 0.29) is 11.4 Å². The molecule has 0 fully saturated rings. The van der Waals surface area contributed by atoms with Crippen LogP contribution < -0.4 is 10.9 Å². The second-order valence-electron chi connectivity index (χ2n) is 5.51. The number of aromatic carboxylic acids is 1. The molecule has 0 amide bonds. The SMILES string of the molecule is CCCNCCC.O=C(O)c1nc2sc3c(c2c(=O)[nH]1)CCC3. The molecule has 7 heteroatoms. The van der Waals surface area contributed by atoms with Crippen LogP contribution in [0, 0.1) is 0 Å². The largest absolute Gasteiger partial charge is 0.475 e. The second-order valence-corrected chi connectivity index (χ2v) is 6.59. The number of fused-ring (bicyclic) bond motifs is 3. The molecule has 0 radical (unpaired) electrons. The predicted molar refractivity (Wildman–Crippen MR) is 92.7 cm³/mol. The van der Waals surface area contributed by atoms with E-state index in [1.54, 1.807) is 0 Å². The number of nitrogens with zero attached hydrogens (tertiary/aromatic N) is 1. The first kappa shape index (κ1) is 17.6. The molecule has 6 nitrogen and oxygen atoms in total. The Balaban J connectivity index is 0.000000236. The van der Waals surface area contributed by atoms with Gasteiger partial charge in [-0.15, -0.1) is 11.3 Å². The van der Waals surface area contributed by atoms with Crippen LogP contribution in [0.5, 0.6) is 0 Å². The highest BCUT2D eigenvalue weighted by atomic mass is 32.1. The third-order valence-corrected chi connectivity index (χ3v) is 4.82. The average molecular weight is 337 g/mol. The molecule has 3 rings (SSSR count). The number of nitrogens with one attached hydrogen (secondary N) is 2. The third-order valence-electron chi connectivity index (χ3n) is 3.63. The van der Waals surface area contributed by atoms with Gasteiger partial charge < -0.3 is 15.4 Å². The Morgan fingerprint density at radius 1 is 1.30 bits per heavy atom. The highest BCUT2D eigenvalue weighted by Gasteiger charge is 2.21. The van der Waals surface area contributed by atoms with E-state index in [0.717, 1.165) is 24.8 Å². The summed E-state index contributed by atoms with van der Waals surface area (Å²) >= 11 is 1.44. The maximum atomic E-state index is 11.8. The molecule has 3 N–H and O–H groups in total. The smallest absolute Gasteiger partial charge is 0.372 e. The van der Waals surface area contributed by atoms with E-state index in [0.29, 0.717) is 10.2 Å². The van der Waals surface area contributed by atoms with Crippen molar-refractivity contribution in [1.82, 2.24) is 15.3 Å². The molecule has 0 aromatic carbocycles. The topological polar surface area (TPSA) is 95.1 Å². The molecule has 0 saturated heterocycles. The van der Waals surface area contributed by atoms with Gasteiger partial charge in [0.25, 0.3) is 5.56 Å². The first-order valence-electron chi connectivity index (χ1n) is 8.07. The van der Waals surface area contributed by atoms with E-state index in [1.165, 1.54) is 42.1 Å². The minimum absolute atomic E-state index is 0.280. The van der Waals surface area contributed by atoms with Crippen LogP contribution in [0.1, 0.15) is 54.2 Å². The first-order chi connectivity index (χ1) is 11.1. The van der Waals surface area contributed by atoms with Crippen molar-refractivity contribution in [3.8, 4) is 0 Å². The predicted octanol–water partition coefficient (Wildman–Crippen LogP) is 2.57. The number of carboxylic acids is 1. The van der Waals surface area contributed by atoms with Gasteiger partial charge in [0.05, 0.1) is 5.39 Å². The van der Waals surface area contributed by atoms with E-state index in [9.17, 15) is 9.59 Å². The fraction of sp³-hybridized carbons (Fsp3) is 0.562. The Morgan fingerprint density at radius 2 is 2.00 bits per heavy atom. The number of hydrogen-bond acceptors (Lipinski definition) is 5. The Bertz CT molecular complexity index is 732. The number of carbonyl (C=O) groups is 1. The maximum absolute atomic E-state index is 11.8. The summed E-state index contributed by atoms with van der Waals surface area (Å²) in [6, 6.07) is 0. The van der Waals surface area contributed by atoms with Gasteiger partial charge in [0.2, 0.25) is 5.82 Å². The van der Waals surface area contributed by atoms with Gasteiger partial charge in [-0.25, -0.2) is 9.78 Å². The molecular formula is C16H23N3O3S. The van der Waals surface area contributed by atoms with Crippen molar-refractivity contribution in [3.05, 3.63) is 26.6 Å². The molecule has 0 aliphatic heterocycles. The summed E-state index contributed by atoms with van der Waals surface area (Å²) in [6.45, 7) is 6.72. The number of aryl methyl sites for hydroxylation is 2. The summed E-state index contributed by atoms with van der Waals surface area (Å²) in [6.07, 6.45) is 5.43. The van der Waals surface area contributed by atoms with E-state index < -0.39 is 5.97 Å². The lowest BCUT2D eigenvalue weighted by Crippen LogP contribution is -2.15. The lowest BCUT2D eigenvalue weighted by molar-refractivity contribution is 0.0683. The Morgan fingerprint density at radius 3 is 2.61 bits per heavy atom. The van der Waals surface area contributed by atoms with Gasteiger partial charge in [0, 0.05) is 4.88 Å². The summed E-state index contributed by atoms with van der Waals surface area (Å²) in [4.78, 5) is 30.5. The first-order valence-corrected chi connectivity index (χ1v) is 8.88. The monoisotopic (exact) mass is 337 g/mol. The van der Waals surface area contributed by atoms with Gasteiger partial charge in [0.1, 0.15) is 4.83 Å². The van der Waals surface area contributed by atoms with Gasteiger partial charge in [0.15, 0.2) is 0 Å². The zero-order valence-corrected chi connectivity index (χ0v) is 14.4. The summed E-state index contributed by atoms with van der Waals surface area (Å²) < 4.78 is 0.